The van der Waals surface area contributed by atoms with Gasteiger partial charge in [-0.15, -0.1) is 0 Å². The van der Waals surface area contributed by atoms with Gasteiger partial charge in [0.1, 0.15) is 0 Å². The molecule has 8 nitrogen and oxygen atoms in total. The topological polar surface area (TPSA) is 93.2 Å². The molecule has 39 heavy (non-hydrogen) atoms. The number of amides is 4. The van der Waals surface area contributed by atoms with Gasteiger partial charge in [-0.2, -0.15) is 0 Å². The standard InChI is InChI=1S/C31H26N2O6/c34-28-22-10-1-6-20-7-2-11-23(26(20)22)29(35)32(28)14-18-38-16-5-17-39-19-15-33-30(36)24-12-3-8-21-9-4-13-25(27(21)24)31(33)37/h1-4,6-13H,5,14-19H2. The lowest BCUT2D eigenvalue weighted by atomic mass is 9.94. The second-order valence-corrected chi connectivity index (χ2v) is 9.52. The predicted molar refractivity (Wildman–Crippen MR) is 145 cm³/mol. The first kappa shape index (κ1) is 24.9. The summed E-state index contributed by atoms with van der Waals surface area (Å²) in [6.07, 6.45) is 0.591. The van der Waals surface area contributed by atoms with E-state index in [9.17, 15) is 19.2 Å². The van der Waals surface area contributed by atoms with Crippen LogP contribution in [0.3, 0.4) is 0 Å². The molecule has 0 aromatic heterocycles. The van der Waals surface area contributed by atoms with Crippen molar-refractivity contribution in [3.8, 4) is 0 Å². The van der Waals surface area contributed by atoms with E-state index in [1.165, 1.54) is 9.80 Å². The highest BCUT2D eigenvalue weighted by atomic mass is 16.5. The third-order valence-corrected chi connectivity index (χ3v) is 7.21. The van der Waals surface area contributed by atoms with Crippen LogP contribution >= 0.6 is 0 Å². The molecule has 2 heterocycles. The van der Waals surface area contributed by atoms with E-state index in [-0.39, 0.29) is 49.9 Å². The number of carbonyl (C=O) groups is 4. The van der Waals surface area contributed by atoms with Gasteiger partial charge in [0.05, 0.1) is 26.3 Å². The Labute approximate surface area is 224 Å². The predicted octanol–water partition coefficient (Wildman–Crippen LogP) is 4.31. The fourth-order valence-corrected chi connectivity index (χ4v) is 5.35. The van der Waals surface area contributed by atoms with E-state index in [1.807, 2.05) is 48.5 Å². The molecule has 0 aliphatic carbocycles. The molecule has 0 radical (unpaired) electrons. The van der Waals surface area contributed by atoms with Crippen molar-refractivity contribution >= 4 is 45.2 Å². The molecule has 4 aromatic carbocycles. The van der Waals surface area contributed by atoms with Crippen LogP contribution in [-0.2, 0) is 9.47 Å². The van der Waals surface area contributed by atoms with E-state index in [0.717, 1.165) is 10.8 Å². The minimum Gasteiger partial charge on any atom is -0.380 e. The fourth-order valence-electron chi connectivity index (χ4n) is 5.35. The van der Waals surface area contributed by atoms with E-state index in [4.69, 9.17) is 9.47 Å². The Morgan fingerprint density at radius 1 is 0.462 bits per heavy atom. The van der Waals surface area contributed by atoms with Crippen LogP contribution in [-0.4, -0.2) is 72.9 Å². The van der Waals surface area contributed by atoms with Gasteiger partial charge in [0.25, 0.3) is 23.6 Å². The summed E-state index contributed by atoms with van der Waals surface area (Å²) < 4.78 is 11.3. The Morgan fingerprint density at radius 3 is 1.13 bits per heavy atom. The Balaban J connectivity index is 0.937. The Hall–Kier alpha value is -4.40. The van der Waals surface area contributed by atoms with Gasteiger partial charge in [0, 0.05) is 46.2 Å². The van der Waals surface area contributed by atoms with Gasteiger partial charge >= 0.3 is 0 Å². The van der Waals surface area contributed by atoms with Gasteiger partial charge in [-0.05, 0) is 41.5 Å². The molecular formula is C31H26N2O6. The molecule has 0 atom stereocenters. The van der Waals surface area contributed by atoms with Gasteiger partial charge in [0.2, 0.25) is 0 Å². The van der Waals surface area contributed by atoms with Crippen LogP contribution in [0.1, 0.15) is 47.9 Å². The number of hydrogen-bond acceptors (Lipinski definition) is 6. The van der Waals surface area contributed by atoms with Gasteiger partial charge in [0.15, 0.2) is 0 Å². The molecule has 2 aliphatic heterocycles. The molecule has 4 aromatic rings. The average Bonchev–Trinajstić information content (AvgIpc) is 2.96. The molecule has 0 fully saturated rings. The molecule has 2 aliphatic rings. The zero-order chi connectivity index (χ0) is 26.9. The fraction of sp³-hybridized carbons (Fsp3) is 0.226. The number of benzene rings is 4. The van der Waals surface area contributed by atoms with Gasteiger partial charge < -0.3 is 9.47 Å². The summed E-state index contributed by atoms with van der Waals surface area (Å²) in [5.41, 5.74) is 2.12. The molecule has 6 rings (SSSR count). The van der Waals surface area contributed by atoms with Gasteiger partial charge in [-0.3, -0.25) is 29.0 Å². The minimum absolute atomic E-state index is 0.163. The highest BCUT2D eigenvalue weighted by Crippen LogP contribution is 2.31. The number of rotatable bonds is 10. The smallest absolute Gasteiger partial charge is 0.261 e. The molecule has 0 bridgehead atoms. The maximum absolute atomic E-state index is 12.9. The van der Waals surface area contributed by atoms with Gasteiger partial charge in [-0.25, -0.2) is 0 Å². The molecule has 0 saturated carbocycles. The molecule has 0 N–H and O–H groups in total. The minimum atomic E-state index is -0.308. The summed E-state index contributed by atoms with van der Waals surface area (Å²) in [5, 5.41) is 3.16. The Morgan fingerprint density at radius 2 is 0.795 bits per heavy atom. The molecule has 0 spiro atoms. The molecule has 0 unspecified atom stereocenters. The SMILES string of the molecule is O=C1c2cccc3cccc(c23)C(=O)N1CCOCCCOCCN1C(=O)c2cccc3cccc(c23)C1=O. The first-order valence-electron chi connectivity index (χ1n) is 13.0. The first-order chi connectivity index (χ1) is 19.1. The van der Waals surface area contributed by atoms with E-state index >= 15 is 0 Å². The largest absolute Gasteiger partial charge is 0.380 e. The molecule has 196 valence electrons. The van der Waals surface area contributed by atoms with Crippen molar-refractivity contribution in [1.82, 2.24) is 9.80 Å². The summed E-state index contributed by atoms with van der Waals surface area (Å²) in [6.45, 7) is 1.54. The summed E-state index contributed by atoms with van der Waals surface area (Å²) in [7, 11) is 0. The van der Waals surface area contributed by atoms with Crippen LogP contribution in [0.5, 0.6) is 0 Å². The third kappa shape index (κ3) is 4.37. The van der Waals surface area contributed by atoms with Crippen LogP contribution in [0.15, 0.2) is 72.8 Å². The van der Waals surface area contributed by atoms with Crippen molar-refractivity contribution < 1.29 is 28.7 Å². The van der Waals surface area contributed by atoms with E-state index in [2.05, 4.69) is 0 Å². The third-order valence-electron chi connectivity index (χ3n) is 7.21. The Kier molecular flexibility index (Phi) is 6.64. The van der Waals surface area contributed by atoms with Crippen molar-refractivity contribution in [1.29, 1.82) is 0 Å². The number of ether oxygens (including phenoxy) is 2. The van der Waals surface area contributed by atoms with Crippen LogP contribution in [0.2, 0.25) is 0 Å². The lowest BCUT2D eigenvalue weighted by Crippen LogP contribution is -2.42. The van der Waals surface area contributed by atoms with Crippen LogP contribution < -0.4 is 0 Å². The van der Waals surface area contributed by atoms with Crippen LogP contribution in [0.4, 0.5) is 0 Å². The van der Waals surface area contributed by atoms with Crippen molar-refractivity contribution in [3.63, 3.8) is 0 Å². The molecule has 0 saturated heterocycles. The van der Waals surface area contributed by atoms with E-state index in [1.54, 1.807) is 24.3 Å². The van der Waals surface area contributed by atoms with Crippen LogP contribution in [0.25, 0.3) is 21.5 Å². The molecule has 8 heteroatoms. The summed E-state index contributed by atoms with van der Waals surface area (Å²) in [6, 6.07) is 21.8. The second kappa shape index (κ2) is 10.4. The average molecular weight is 523 g/mol. The van der Waals surface area contributed by atoms with Crippen molar-refractivity contribution in [2.45, 2.75) is 6.42 Å². The van der Waals surface area contributed by atoms with Crippen molar-refractivity contribution in [2.75, 3.05) is 39.5 Å². The van der Waals surface area contributed by atoms with Gasteiger partial charge in [-0.1, -0.05) is 48.5 Å². The Bertz CT molecular complexity index is 1420. The lowest BCUT2D eigenvalue weighted by Gasteiger charge is -2.27. The van der Waals surface area contributed by atoms with Crippen LogP contribution in [0, 0.1) is 0 Å². The summed E-state index contributed by atoms with van der Waals surface area (Å²) in [5.74, 6) is -1.23. The maximum Gasteiger partial charge on any atom is 0.261 e. The lowest BCUT2D eigenvalue weighted by molar-refractivity contribution is 0.0437. The molecule has 4 amide bonds. The van der Waals surface area contributed by atoms with Crippen molar-refractivity contribution in [3.05, 3.63) is 95.1 Å². The summed E-state index contributed by atoms with van der Waals surface area (Å²) in [4.78, 5) is 54.2. The number of nitrogens with zero attached hydrogens (tertiary/aromatic N) is 2. The van der Waals surface area contributed by atoms with E-state index in [0.29, 0.717) is 52.7 Å². The highest BCUT2D eigenvalue weighted by molar-refractivity contribution is 6.26. The normalized spacial score (nSPS) is 14.7. The summed E-state index contributed by atoms with van der Waals surface area (Å²) >= 11 is 0. The number of carbonyl (C=O) groups excluding carboxylic acids is 4. The quantitative estimate of drug-likeness (QED) is 0.228. The zero-order valence-electron chi connectivity index (χ0n) is 21.2. The maximum atomic E-state index is 12.9. The van der Waals surface area contributed by atoms with E-state index < -0.39 is 0 Å². The molecular weight excluding hydrogens is 496 g/mol. The highest BCUT2D eigenvalue weighted by Gasteiger charge is 2.33. The number of imide groups is 2. The first-order valence-corrected chi connectivity index (χ1v) is 13.0. The van der Waals surface area contributed by atoms with Crippen molar-refractivity contribution in [2.24, 2.45) is 0 Å². The number of hydrogen-bond donors (Lipinski definition) is 0. The second-order valence-electron chi connectivity index (χ2n) is 9.52. The zero-order valence-corrected chi connectivity index (χ0v) is 21.2. The monoisotopic (exact) mass is 522 g/mol.